The van der Waals surface area contributed by atoms with E-state index in [1.807, 2.05) is 32.1 Å². The van der Waals surface area contributed by atoms with Crippen LogP contribution in [0.15, 0.2) is 73.3 Å². The SMILES string of the molecule is C=CCCCCOC1OC(COC(=O)c2ccccc2)C(OC(=O)c2ccccc2)C(C)C1C. The lowest BCUT2D eigenvalue weighted by atomic mass is 9.84. The molecule has 1 heterocycles. The van der Waals surface area contributed by atoms with Crippen molar-refractivity contribution in [3.05, 3.63) is 84.4 Å². The van der Waals surface area contributed by atoms with Crippen molar-refractivity contribution in [2.24, 2.45) is 11.8 Å². The average Bonchev–Trinajstić information content (AvgIpc) is 2.87. The van der Waals surface area contributed by atoms with E-state index in [2.05, 4.69) is 6.58 Å². The Kier molecular flexibility index (Phi) is 9.86. The maximum atomic E-state index is 12.8. The number of benzene rings is 2. The van der Waals surface area contributed by atoms with Crippen LogP contribution < -0.4 is 0 Å². The Morgan fingerprint density at radius 3 is 2.15 bits per heavy atom. The molecular formula is C28H34O6. The summed E-state index contributed by atoms with van der Waals surface area (Å²) < 4.78 is 23.7. The highest BCUT2D eigenvalue weighted by Gasteiger charge is 2.45. The van der Waals surface area contributed by atoms with Gasteiger partial charge in [-0.1, -0.05) is 56.3 Å². The molecule has 6 nitrogen and oxygen atoms in total. The Bertz CT molecular complexity index is 913. The summed E-state index contributed by atoms with van der Waals surface area (Å²) in [5.74, 6) is -0.976. The molecule has 0 N–H and O–H groups in total. The number of hydrogen-bond donors (Lipinski definition) is 0. The van der Waals surface area contributed by atoms with Gasteiger partial charge in [0.25, 0.3) is 0 Å². The van der Waals surface area contributed by atoms with Gasteiger partial charge in [0.1, 0.15) is 18.8 Å². The van der Waals surface area contributed by atoms with Crippen LogP contribution in [-0.2, 0) is 18.9 Å². The van der Waals surface area contributed by atoms with Crippen LogP contribution in [0.25, 0.3) is 0 Å². The topological polar surface area (TPSA) is 71.1 Å². The average molecular weight is 467 g/mol. The second kappa shape index (κ2) is 13.1. The van der Waals surface area contributed by atoms with Gasteiger partial charge in [-0.05, 0) is 43.5 Å². The molecule has 2 aromatic carbocycles. The lowest BCUT2D eigenvalue weighted by Gasteiger charge is -2.43. The third kappa shape index (κ3) is 7.02. The van der Waals surface area contributed by atoms with E-state index in [0.717, 1.165) is 19.3 Å². The number of allylic oxidation sites excluding steroid dienone is 1. The molecule has 0 saturated carbocycles. The van der Waals surface area contributed by atoms with Crippen molar-refractivity contribution in [3.63, 3.8) is 0 Å². The van der Waals surface area contributed by atoms with Gasteiger partial charge in [0.15, 0.2) is 6.29 Å². The fourth-order valence-corrected chi connectivity index (χ4v) is 3.94. The van der Waals surface area contributed by atoms with Gasteiger partial charge < -0.3 is 18.9 Å². The summed E-state index contributed by atoms with van der Waals surface area (Å²) in [6, 6.07) is 17.6. The van der Waals surface area contributed by atoms with Crippen LogP contribution in [0.3, 0.4) is 0 Å². The first kappa shape index (κ1) is 25.7. The number of esters is 2. The van der Waals surface area contributed by atoms with Crippen LogP contribution in [0.4, 0.5) is 0 Å². The van der Waals surface area contributed by atoms with E-state index in [4.69, 9.17) is 18.9 Å². The Hall–Kier alpha value is -2.96. The molecule has 3 rings (SSSR count). The third-order valence-corrected chi connectivity index (χ3v) is 6.18. The van der Waals surface area contributed by atoms with Gasteiger partial charge in [-0.25, -0.2) is 9.59 Å². The summed E-state index contributed by atoms with van der Waals surface area (Å²) in [5.41, 5.74) is 0.913. The Morgan fingerprint density at radius 1 is 0.912 bits per heavy atom. The van der Waals surface area contributed by atoms with Crippen molar-refractivity contribution in [1.29, 1.82) is 0 Å². The molecule has 0 aromatic heterocycles. The predicted molar refractivity (Wildman–Crippen MR) is 129 cm³/mol. The number of carbonyl (C=O) groups is 2. The van der Waals surface area contributed by atoms with Crippen molar-refractivity contribution in [1.82, 2.24) is 0 Å². The van der Waals surface area contributed by atoms with E-state index in [1.54, 1.807) is 48.5 Å². The third-order valence-electron chi connectivity index (χ3n) is 6.18. The van der Waals surface area contributed by atoms with Gasteiger partial charge in [0.2, 0.25) is 0 Å². The second-order valence-corrected chi connectivity index (χ2v) is 8.62. The van der Waals surface area contributed by atoms with Crippen LogP contribution in [-0.4, -0.2) is 43.7 Å². The van der Waals surface area contributed by atoms with Gasteiger partial charge in [-0.2, -0.15) is 0 Å². The van der Waals surface area contributed by atoms with Gasteiger partial charge >= 0.3 is 11.9 Å². The maximum absolute atomic E-state index is 12.8. The van der Waals surface area contributed by atoms with Crippen molar-refractivity contribution in [2.75, 3.05) is 13.2 Å². The van der Waals surface area contributed by atoms with Gasteiger partial charge in [0, 0.05) is 18.4 Å². The Balaban J connectivity index is 1.69. The summed E-state index contributed by atoms with van der Waals surface area (Å²) in [7, 11) is 0. The highest BCUT2D eigenvalue weighted by Crippen LogP contribution is 2.34. The molecule has 0 aliphatic carbocycles. The fraction of sp³-hybridized carbons (Fsp3) is 0.429. The lowest BCUT2D eigenvalue weighted by Crippen LogP contribution is -2.53. The van der Waals surface area contributed by atoms with E-state index in [9.17, 15) is 9.59 Å². The van der Waals surface area contributed by atoms with Crippen LogP contribution >= 0.6 is 0 Å². The summed E-state index contributed by atoms with van der Waals surface area (Å²) >= 11 is 0. The number of rotatable bonds is 11. The standard InChI is InChI=1S/C28H34O6/c1-4-5-6-13-18-31-28-21(3)20(2)25(34-27(30)23-16-11-8-12-17-23)24(33-28)19-32-26(29)22-14-9-7-10-15-22/h4,7-12,14-17,20-21,24-25,28H,1,5-6,13,18-19H2,2-3H3. The van der Waals surface area contributed by atoms with E-state index in [1.165, 1.54) is 0 Å². The van der Waals surface area contributed by atoms with Crippen molar-refractivity contribution >= 4 is 11.9 Å². The first-order valence-corrected chi connectivity index (χ1v) is 11.9. The van der Waals surface area contributed by atoms with Gasteiger partial charge in [-0.3, -0.25) is 0 Å². The quantitative estimate of drug-likeness (QED) is 0.250. The second-order valence-electron chi connectivity index (χ2n) is 8.62. The van der Waals surface area contributed by atoms with E-state index < -0.39 is 30.4 Å². The number of hydrogen-bond acceptors (Lipinski definition) is 6. The summed E-state index contributed by atoms with van der Waals surface area (Å²) in [6.07, 6.45) is 3.01. The highest BCUT2D eigenvalue weighted by atomic mass is 16.7. The molecule has 0 spiro atoms. The number of ether oxygens (including phenoxy) is 4. The van der Waals surface area contributed by atoms with Crippen molar-refractivity contribution in [2.45, 2.75) is 51.6 Å². The van der Waals surface area contributed by atoms with Crippen LogP contribution in [0, 0.1) is 11.8 Å². The van der Waals surface area contributed by atoms with E-state index >= 15 is 0 Å². The van der Waals surface area contributed by atoms with Gasteiger partial charge in [0.05, 0.1) is 11.1 Å². The molecule has 0 bridgehead atoms. The molecule has 1 aliphatic rings. The highest BCUT2D eigenvalue weighted by molar-refractivity contribution is 5.90. The molecule has 2 aromatic rings. The Morgan fingerprint density at radius 2 is 1.53 bits per heavy atom. The summed E-state index contributed by atoms with van der Waals surface area (Å²) in [6.45, 7) is 8.28. The maximum Gasteiger partial charge on any atom is 0.338 e. The molecule has 5 unspecified atom stereocenters. The van der Waals surface area contributed by atoms with Crippen molar-refractivity contribution < 1.29 is 28.5 Å². The molecule has 182 valence electrons. The molecule has 5 atom stereocenters. The molecule has 6 heteroatoms. The smallest absolute Gasteiger partial charge is 0.338 e. The summed E-state index contributed by atoms with van der Waals surface area (Å²) in [4.78, 5) is 25.3. The molecule has 0 amide bonds. The zero-order valence-corrected chi connectivity index (χ0v) is 19.9. The molecule has 1 fully saturated rings. The van der Waals surface area contributed by atoms with E-state index in [-0.39, 0.29) is 18.4 Å². The Labute approximate surface area is 201 Å². The number of unbranched alkanes of at least 4 members (excludes halogenated alkanes) is 2. The predicted octanol–water partition coefficient (Wildman–Crippen LogP) is 5.44. The number of carbonyl (C=O) groups excluding carboxylic acids is 2. The first-order valence-electron chi connectivity index (χ1n) is 11.9. The zero-order valence-electron chi connectivity index (χ0n) is 19.9. The minimum Gasteiger partial charge on any atom is -0.459 e. The monoisotopic (exact) mass is 466 g/mol. The minimum atomic E-state index is -0.648. The molecule has 1 aliphatic heterocycles. The summed E-state index contributed by atoms with van der Waals surface area (Å²) in [5, 5.41) is 0. The lowest BCUT2D eigenvalue weighted by molar-refractivity contribution is -0.268. The molecular weight excluding hydrogens is 432 g/mol. The van der Waals surface area contributed by atoms with Crippen LogP contribution in [0.2, 0.25) is 0 Å². The first-order chi connectivity index (χ1) is 16.5. The zero-order chi connectivity index (χ0) is 24.3. The molecule has 0 radical (unpaired) electrons. The fourth-order valence-electron chi connectivity index (χ4n) is 3.94. The van der Waals surface area contributed by atoms with Crippen LogP contribution in [0.1, 0.15) is 53.8 Å². The van der Waals surface area contributed by atoms with Crippen LogP contribution in [0.5, 0.6) is 0 Å². The van der Waals surface area contributed by atoms with E-state index in [0.29, 0.717) is 17.7 Å². The van der Waals surface area contributed by atoms with Gasteiger partial charge in [-0.15, -0.1) is 6.58 Å². The molecule has 34 heavy (non-hydrogen) atoms. The van der Waals surface area contributed by atoms with Crippen molar-refractivity contribution in [3.8, 4) is 0 Å². The minimum absolute atomic E-state index is 0.0194. The largest absolute Gasteiger partial charge is 0.459 e. The normalized spacial score (nSPS) is 24.2. The molecule has 1 saturated heterocycles.